The minimum atomic E-state index is -0.514. The minimum Gasteiger partial charge on any atom is -0.364 e. The van der Waals surface area contributed by atoms with Gasteiger partial charge in [-0.05, 0) is 23.8 Å². The first-order chi connectivity index (χ1) is 8.25. The lowest BCUT2D eigenvalue weighted by Gasteiger charge is -1.97. The Bertz CT molecular complexity index is 547. The van der Waals surface area contributed by atoms with Crippen molar-refractivity contribution in [1.29, 1.82) is 0 Å². The molecule has 0 aliphatic rings. The van der Waals surface area contributed by atoms with E-state index in [9.17, 15) is 4.79 Å². The smallest absolute Gasteiger partial charge is 0.267 e. The highest BCUT2D eigenvalue weighted by Crippen LogP contribution is 2.06. The van der Waals surface area contributed by atoms with Gasteiger partial charge in [-0.2, -0.15) is 0 Å². The SMILES string of the molecule is NC(=O)c1cccc(/C=C/c2ccccc2)n1. The standard InChI is InChI=1S/C14H12N2O/c15-14(17)13-8-4-7-12(16-13)10-9-11-5-2-1-3-6-11/h1-10H,(H2,15,17)/b10-9+. The van der Waals surface area contributed by atoms with Crippen molar-refractivity contribution >= 4 is 18.1 Å². The lowest BCUT2D eigenvalue weighted by Crippen LogP contribution is -2.13. The zero-order chi connectivity index (χ0) is 12.1. The topological polar surface area (TPSA) is 56.0 Å². The van der Waals surface area contributed by atoms with Gasteiger partial charge in [-0.3, -0.25) is 4.79 Å². The summed E-state index contributed by atoms with van der Waals surface area (Å²) in [5.41, 5.74) is 7.24. The Morgan fingerprint density at radius 1 is 1.00 bits per heavy atom. The quantitative estimate of drug-likeness (QED) is 0.870. The van der Waals surface area contributed by atoms with Crippen molar-refractivity contribution in [3.8, 4) is 0 Å². The maximum Gasteiger partial charge on any atom is 0.267 e. The molecule has 0 fully saturated rings. The Labute approximate surface area is 99.6 Å². The lowest BCUT2D eigenvalue weighted by molar-refractivity contribution is 0.0995. The van der Waals surface area contributed by atoms with E-state index in [0.717, 1.165) is 5.56 Å². The molecule has 0 aliphatic heterocycles. The average Bonchev–Trinajstić information content (AvgIpc) is 2.38. The number of benzene rings is 1. The van der Waals surface area contributed by atoms with E-state index in [-0.39, 0.29) is 5.69 Å². The van der Waals surface area contributed by atoms with Crippen molar-refractivity contribution in [1.82, 2.24) is 4.98 Å². The number of carbonyl (C=O) groups excluding carboxylic acids is 1. The van der Waals surface area contributed by atoms with Crippen LogP contribution in [0.5, 0.6) is 0 Å². The largest absolute Gasteiger partial charge is 0.364 e. The minimum absolute atomic E-state index is 0.278. The number of aromatic nitrogens is 1. The summed E-state index contributed by atoms with van der Waals surface area (Å²) < 4.78 is 0. The predicted octanol–water partition coefficient (Wildman–Crippen LogP) is 2.35. The van der Waals surface area contributed by atoms with Gasteiger partial charge < -0.3 is 5.73 Å². The summed E-state index contributed by atoms with van der Waals surface area (Å²) >= 11 is 0. The summed E-state index contributed by atoms with van der Waals surface area (Å²) in [6.07, 6.45) is 3.79. The molecule has 3 heteroatoms. The van der Waals surface area contributed by atoms with Gasteiger partial charge in [-0.1, -0.05) is 42.5 Å². The summed E-state index contributed by atoms with van der Waals surface area (Å²) in [5.74, 6) is -0.514. The molecule has 0 unspecified atom stereocenters. The van der Waals surface area contributed by atoms with Crippen LogP contribution in [-0.4, -0.2) is 10.9 Å². The Morgan fingerprint density at radius 3 is 2.47 bits per heavy atom. The second-order valence-corrected chi connectivity index (χ2v) is 3.56. The number of rotatable bonds is 3. The van der Waals surface area contributed by atoms with Gasteiger partial charge in [0.1, 0.15) is 5.69 Å². The molecule has 0 aliphatic carbocycles. The second-order valence-electron chi connectivity index (χ2n) is 3.56. The first kappa shape index (κ1) is 11.1. The number of hydrogen-bond acceptors (Lipinski definition) is 2. The number of hydrogen-bond donors (Lipinski definition) is 1. The molecule has 1 amide bonds. The van der Waals surface area contributed by atoms with Gasteiger partial charge in [-0.15, -0.1) is 0 Å². The summed E-state index contributed by atoms with van der Waals surface area (Å²) in [4.78, 5) is 15.1. The van der Waals surface area contributed by atoms with E-state index in [4.69, 9.17) is 5.73 Å². The van der Waals surface area contributed by atoms with Crippen LogP contribution in [0.1, 0.15) is 21.7 Å². The molecule has 0 saturated heterocycles. The summed E-state index contributed by atoms with van der Waals surface area (Å²) in [5, 5.41) is 0. The highest BCUT2D eigenvalue weighted by Gasteiger charge is 2.00. The number of amides is 1. The monoisotopic (exact) mass is 224 g/mol. The zero-order valence-corrected chi connectivity index (χ0v) is 9.21. The van der Waals surface area contributed by atoms with E-state index < -0.39 is 5.91 Å². The van der Waals surface area contributed by atoms with Crippen LogP contribution in [0.3, 0.4) is 0 Å². The maximum atomic E-state index is 11.0. The van der Waals surface area contributed by atoms with Crippen molar-refractivity contribution in [2.75, 3.05) is 0 Å². The fraction of sp³-hybridized carbons (Fsp3) is 0. The van der Waals surface area contributed by atoms with Gasteiger partial charge in [0, 0.05) is 0 Å². The van der Waals surface area contributed by atoms with Crippen molar-refractivity contribution in [2.24, 2.45) is 5.73 Å². The van der Waals surface area contributed by atoms with Crippen LogP contribution >= 0.6 is 0 Å². The molecule has 0 saturated carbocycles. The second kappa shape index (κ2) is 5.07. The molecule has 17 heavy (non-hydrogen) atoms. The van der Waals surface area contributed by atoms with E-state index in [0.29, 0.717) is 5.69 Å². The number of pyridine rings is 1. The van der Waals surface area contributed by atoms with Gasteiger partial charge in [0.05, 0.1) is 5.69 Å². The van der Waals surface area contributed by atoms with Crippen molar-refractivity contribution in [3.63, 3.8) is 0 Å². The van der Waals surface area contributed by atoms with Gasteiger partial charge in [0.2, 0.25) is 0 Å². The Balaban J connectivity index is 2.22. The van der Waals surface area contributed by atoms with Gasteiger partial charge in [0.25, 0.3) is 5.91 Å². The van der Waals surface area contributed by atoms with Crippen LogP contribution in [-0.2, 0) is 0 Å². The van der Waals surface area contributed by atoms with Crippen LogP contribution in [0.2, 0.25) is 0 Å². The van der Waals surface area contributed by atoms with E-state index in [1.165, 1.54) is 0 Å². The van der Waals surface area contributed by atoms with E-state index in [2.05, 4.69) is 4.98 Å². The zero-order valence-electron chi connectivity index (χ0n) is 9.21. The van der Waals surface area contributed by atoms with E-state index in [1.807, 2.05) is 48.6 Å². The average molecular weight is 224 g/mol. The molecule has 1 aromatic carbocycles. The lowest BCUT2D eigenvalue weighted by atomic mass is 10.2. The highest BCUT2D eigenvalue weighted by molar-refractivity contribution is 5.91. The number of primary amides is 1. The highest BCUT2D eigenvalue weighted by atomic mass is 16.1. The molecule has 1 aromatic heterocycles. The number of nitrogens with two attached hydrogens (primary N) is 1. The molecular formula is C14H12N2O. The predicted molar refractivity (Wildman–Crippen MR) is 68.1 cm³/mol. The molecule has 0 atom stereocenters. The van der Waals surface area contributed by atoms with Crippen LogP contribution in [0, 0.1) is 0 Å². The van der Waals surface area contributed by atoms with Crippen molar-refractivity contribution in [2.45, 2.75) is 0 Å². The first-order valence-electron chi connectivity index (χ1n) is 5.26. The molecule has 2 rings (SSSR count). The van der Waals surface area contributed by atoms with Crippen LogP contribution in [0.4, 0.5) is 0 Å². The molecular weight excluding hydrogens is 212 g/mol. The summed E-state index contributed by atoms with van der Waals surface area (Å²) in [6.45, 7) is 0. The Kier molecular flexibility index (Phi) is 3.31. The van der Waals surface area contributed by atoms with Gasteiger partial charge in [0.15, 0.2) is 0 Å². The van der Waals surface area contributed by atoms with E-state index in [1.54, 1.807) is 12.1 Å². The molecule has 0 radical (unpaired) electrons. The fourth-order valence-electron chi connectivity index (χ4n) is 1.43. The Morgan fingerprint density at radius 2 is 1.76 bits per heavy atom. The first-order valence-corrected chi connectivity index (χ1v) is 5.26. The summed E-state index contributed by atoms with van der Waals surface area (Å²) in [6, 6.07) is 15.1. The van der Waals surface area contributed by atoms with Crippen LogP contribution in [0.25, 0.3) is 12.2 Å². The van der Waals surface area contributed by atoms with Crippen LogP contribution < -0.4 is 5.73 Å². The number of nitrogens with zero attached hydrogens (tertiary/aromatic N) is 1. The number of carbonyl (C=O) groups is 1. The van der Waals surface area contributed by atoms with E-state index >= 15 is 0 Å². The Hall–Kier alpha value is -2.42. The molecule has 2 N–H and O–H groups in total. The molecule has 0 bridgehead atoms. The molecule has 3 nitrogen and oxygen atoms in total. The normalized spacial score (nSPS) is 10.6. The molecule has 0 spiro atoms. The summed E-state index contributed by atoms with van der Waals surface area (Å²) in [7, 11) is 0. The van der Waals surface area contributed by atoms with Crippen LogP contribution in [0.15, 0.2) is 48.5 Å². The van der Waals surface area contributed by atoms with Gasteiger partial charge >= 0.3 is 0 Å². The van der Waals surface area contributed by atoms with Crippen molar-refractivity contribution < 1.29 is 4.79 Å². The third-order valence-electron chi connectivity index (χ3n) is 2.27. The third-order valence-corrected chi connectivity index (χ3v) is 2.27. The van der Waals surface area contributed by atoms with Gasteiger partial charge in [-0.25, -0.2) is 4.98 Å². The molecule has 1 heterocycles. The molecule has 84 valence electrons. The maximum absolute atomic E-state index is 11.0. The van der Waals surface area contributed by atoms with Crippen molar-refractivity contribution in [3.05, 3.63) is 65.5 Å². The fourth-order valence-corrected chi connectivity index (χ4v) is 1.43. The third kappa shape index (κ3) is 3.01. The molecule has 2 aromatic rings.